The molecule has 0 fully saturated rings. The molecular weight excluding hydrogens is 304 g/mol. The highest BCUT2D eigenvalue weighted by atomic mass is 16.5. The number of benzene rings is 2. The van der Waals surface area contributed by atoms with Crippen molar-refractivity contribution in [3.05, 3.63) is 75.1 Å². The summed E-state index contributed by atoms with van der Waals surface area (Å²) in [5.41, 5.74) is 3.12. The fourth-order valence-corrected chi connectivity index (χ4v) is 3.37. The molecule has 24 heavy (non-hydrogen) atoms. The van der Waals surface area contributed by atoms with E-state index in [0.717, 1.165) is 16.7 Å². The molecule has 0 N–H and O–H groups in total. The lowest BCUT2D eigenvalue weighted by atomic mass is 9.91. The molecule has 0 saturated carbocycles. The highest BCUT2D eigenvalue weighted by Gasteiger charge is 2.31. The standard InChI is InChI=1S/C20H16O4/c1-11-8-16-19(12(2)9-17(22)23-16)20-18(11)14(21)10-15(24-20)13-6-4-3-5-7-13/h3-9,15H,10H2,1-2H3. The van der Waals surface area contributed by atoms with Crippen LogP contribution in [0.25, 0.3) is 11.0 Å². The molecule has 1 aliphatic heterocycles. The average molecular weight is 320 g/mol. The van der Waals surface area contributed by atoms with Crippen LogP contribution in [-0.2, 0) is 0 Å². The van der Waals surface area contributed by atoms with Gasteiger partial charge < -0.3 is 9.15 Å². The maximum Gasteiger partial charge on any atom is 0.336 e. The van der Waals surface area contributed by atoms with Crippen LogP contribution in [0.5, 0.6) is 5.75 Å². The van der Waals surface area contributed by atoms with Crippen LogP contribution < -0.4 is 10.4 Å². The normalized spacial score (nSPS) is 16.8. The van der Waals surface area contributed by atoms with Crippen molar-refractivity contribution < 1.29 is 13.9 Å². The van der Waals surface area contributed by atoms with Crippen molar-refractivity contribution in [2.24, 2.45) is 0 Å². The lowest BCUT2D eigenvalue weighted by Gasteiger charge is -2.28. The predicted molar refractivity (Wildman–Crippen MR) is 90.7 cm³/mol. The minimum Gasteiger partial charge on any atom is -0.484 e. The van der Waals surface area contributed by atoms with Gasteiger partial charge in [-0.05, 0) is 36.6 Å². The number of hydrogen-bond acceptors (Lipinski definition) is 4. The summed E-state index contributed by atoms with van der Waals surface area (Å²) in [6.07, 6.45) is -0.0262. The number of ketones is 1. The van der Waals surface area contributed by atoms with Crippen LogP contribution in [-0.4, -0.2) is 5.78 Å². The van der Waals surface area contributed by atoms with Crippen LogP contribution >= 0.6 is 0 Å². The Bertz CT molecular complexity index is 1020. The SMILES string of the molecule is Cc1cc2oc(=O)cc(C)c2c2c1C(=O)CC(c1ccccc1)O2. The van der Waals surface area contributed by atoms with E-state index < -0.39 is 5.63 Å². The van der Waals surface area contributed by atoms with Gasteiger partial charge in [0.2, 0.25) is 0 Å². The quantitative estimate of drug-likeness (QED) is 0.633. The van der Waals surface area contributed by atoms with Crippen molar-refractivity contribution in [3.63, 3.8) is 0 Å². The van der Waals surface area contributed by atoms with Gasteiger partial charge in [-0.2, -0.15) is 0 Å². The van der Waals surface area contributed by atoms with Crippen molar-refractivity contribution in [1.29, 1.82) is 0 Å². The van der Waals surface area contributed by atoms with Crippen LogP contribution in [0.3, 0.4) is 0 Å². The molecule has 0 amide bonds. The Morgan fingerprint density at radius 1 is 1.00 bits per heavy atom. The minimum atomic E-state index is -0.402. The summed E-state index contributed by atoms with van der Waals surface area (Å²) in [6.45, 7) is 3.67. The molecule has 0 bridgehead atoms. The molecule has 0 aliphatic carbocycles. The Morgan fingerprint density at radius 3 is 2.50 bits per heavy atom. The molecule has 2 aromatic carbocycles. The number of carbonyl (C=O) groups is 1. The molecule has 4 rings (SSSR count). The zero-order chi connectivity index (χ0) is 16.8. The molecule has 1 aromatic heterocycles. The Morgan fingerprint density at radius 2 is 1.75 bits per heavy atom. The zero-order valence-electron chi connectivity index (χ0n) is 13.5. The second kappa shape index (κ2) is 5.34. The highest BCUT2D eigenvalue weighted by molar-refractivity contribution is 6.07. The van der Waals surface area contributed by atoms with Crippen LogP contribution in [0.4, 0.5) is 0 Å². The van der Waals surface area contributed by atoms with Gasteiger partial charge in [-0.25, -0.2) is 4.79 Å². The van der Waals surface area contributed by atoms with E-state index in [1.54, 1.807) is 6.07 Å². The topological polar surface area (TPSA) is 56.5 Å². The summed E-state index contributed by atoms with van der Waals surface area (Å²) in [6, 6.07) is 12.9. The largest absolute Gasteiger partial charge is 0.484 e. The van der Waals surface area contributed by atoms with Gasteiger partial charge in [0.05, 0.1) is 17.4 Å². The first-order chi connectivity index (χ1) is 11.5. The monoisotopic (exact) mass is 320 g/mol. The van der Waals surface area contributed by atoms with Gasteiger partial charge in [0.15, 0.2) is 5.78 Å². The van der Waals surface area contributed by atoms with Crippen molar-refractivity contribution in [1.82, 2.24) is 0 Å². The second-order valence-electron chi connectivity index (χ2n) is 6.16. The molecular formula is C20H16O4. The molecule has 1 unspecified atom stereocenters. The average Bonchev–Trinajstić information content (AvgIpc) is 2.54. The first kappa shape index (κ1) is 14.7. The molecule has 0 radical (unpaired) electrons. The molecule has 2 heterocycles. The minimum absolute atomic E-state index is 0.0510. The molecule has 4 heteroatoms. The molecule has 1 aliphatic rings. The van der Waals surface area contributed by atoms with Crippen LogP contribution in [0.15, 0.2) is 51.7 Å². The van der Waals surface area contributed by atoms with Crippen molar-refractivity contribution in [2.45, 2.75) is 26.4 Å². The third-order valence-electron chi connectivity index (χ3n) is 4.46. The lowest BCUT2D eigenvalue weighted by molar-refractivity contribution is 0.0852. The molecule has 1 atom stereocenters. The second-order valence-corrected chi connectivity index (χ2v) is 6.16. The van der Waals surface area contributed by atoms with E-state index >= 15 is 0 Å². The van der Waals surface area contributed by atoms with E-state index in [2.05, 4.69) is 0 Å². The lowest BCUT2D eigenvalue weighted by Crippen LogP contribution is -2.22. The van der Waals surface area contributed by atoms with E-state index in [0.29, 0.717) is 28.7 Å². The van der Waals surface area contributed by atoms with E-state index in [-0.39, 0.29) is 11.9 Å². The van der Waals surface area contributed by atoms with Gasteiger partial charge in [0.1, 0.15) is 17.4 Å². The summed E-state index contributed by atoms with van der Waals surface area (Å²) in [4.78, 5) is 24.4. The number of aryl methyl sites for hydroxylation is 2. The molecule has 3 aromatic rings. The number of rotatable bonds is 1. The van der Waals surface area contributed by atoms with Gasteiger partial charge in [0, 0.05) is 6.07 Å². The molecule has 0 saturated heterocycles. The predicted octanol–water partition coefficient (Wildman–Crippen LogP) is 4.12. The maximum atomic E-state index is 12.7. The summed E-state index contributed by atoms with van der Waals surface area (Å²) >= 11 is 0. The first-order valence-electron chi connectivity index (χ1n) is 7.87. The Hall–Kier alpha value is -2.88. The fourth-order valence-electron chi connectivity index (χ4n) is 3.37. The van der Waals surface area contributed by atoms with E-state index in [9.17, 15) is 9.59 Å². The number of ether oxygens (including phenoxy) is 1. The van der Waals surface area contributed by atoms with E-state index in [1.807, 2.05) is 44.2 Å². The van der Waals surface area contributed by atoms with Gasteiger partial charge in [0.25, 0.3) is 0 Å². The van der Waals surface area contributed by atoms with E-state index in [4.69, 9.17) is 9.15 Å². The third kappa shape index (κ3) is 2.22. The maximum absolute atomic E-state index is 12.7. The fraction of sp³-hybridized carbons (Fsp3) is 0.200. The van der Waals surface area contributed by atoms with Crippen LogP contribution in [0, 0.1) is 13.8 Å². The summed E-state index contributed by atoms with van der Waals surface area (Å²) in [5, 5.41) is 0.698. The molecule has 4 nitrogen and oxygen atoms in total. The summed E-state index contributed by atoms with van der Waals surface area (Å²) in [7, 11) is 0. The highest BCUT2D eigenvalue weighted by Crippen LogP contribution is 2.42. The van der Waals surface area contributed by atoms with Gasteiger partial charge >= 0.3 is 5.63 Å². The number of fused-ring (bicyclic) bond motifs is 3. The van der Waals surface area contributed by atoms with Crippen LogP contribution in [0.2, 0.25) is 0 Å². The van der Waals surface area contributed by atoms with Crippen molar-refractivity contribution in [3.8, 4) is 5.75 Å². The third-order valence-corrected chi connectivity index (χ3v) is 4.46. The smallest absolute Gasteiger partial charge is 0.336 e. The molecule has 120 valence electrons. The van der Waals surface area contributed by atoms with Gasteiger partial charge in [-0.3, -0.25) is 4.79 Å². The van der Waals surface area contributed by atoms with Crippen LogP contribution in [0.1, 0.15) is 39.6 Å². The number of Topliss-reactive ketones (excluding diaryl/α,β-unsaturated/α-hetero) is 1. The van der Waals surface area contributed by atoms with Crippen molar-refractivity contribution in [2.75, 3.05) is 0 Å². The zero-order valence-corrected chi connectivity index (χ0v) is 13.5. The Kier molecular flexibility index (Phi) is 3.27. The summed E-state index contributed by atoms with van der Waals surface area (Å²) < 4.78 is 11.5. The number of carbonyl (C=O) groups excluding carboxylic acids is 1. The van der Waals surface area contributed by atoms with E-state index in [1.165, 1.54) is 6.07 Å². The molecule has 0 spiro atoms. The Balaban J connectivity index is 1.97. The number of hydrogen-bond donors (Lipinski definition) is 0. The van der Waals surface area contributed by atoms with Gasteiger partial charge in [-0.15, -0.1) is 0 Å². The first-order valence-corrected chi connectivity index (χ1v) is 7.87. The van der Waals surface area contributed by atoms with Crippen molar-refractivity contribution >= 4 is 16.8 Å². The Labute approximate surface area is 138 Å². The van der Waals surface area contributed by atoms with Gasteiger partial charge in [-0.1, -0.05) is 30.3 Å². The summed E-state index contributed by atoms with van der Waals surface area (Å²) in [5.74, 6) is 0.575.